The van der Waals surface area contributed by atoms with Gasteiger partial charge in [0, 0.05) is 15.6 Å². The van der Waals surface area contributed by atoms with E-state index in [1.54, 1.807) is 48.5 Å². The number of fused-ring (bicyclic) bond motifs is 1. The number of ketones is 1. The Morgan fingerprint density at radius 1 is 1.03 bits per heavy atom. The number of hydrogen-bond acceptors (Lipinski definition) is 4. The molecular formula is C24H19Cl2NO4. The van der Waals surface area contributed by atoms with E-state index >= 15 is 0 Å². The van der Waals surface area contributed by atoms with E-state index in [-0.39, 0.29) is 6.54 Å². The number of carbonyl (C=O) groups excluding carboxylic acids is 2. The summed E-state index contributed by atoms with van der Waals surface area (Å²) in [6.07, 6.45) is -0.434. The fourth-order valence-electron chi connectivity index (χ4n) is 3.83. The van der Waals surface area contributed by atoms with Crippen LogP contribution in [0.2, 0.25) is 10.0 Å². The van der Waals surface area contributed by atoms with Gasteiger partial charge in [0.1, 0.15) is 5.75 Å². The van der Waals surface area contributed by atoms with Crippen LogP contribution in [0.25, 0.3) is 0 Å². The molecule has 3 aromatic carbocycles. The minimum absolute atomic E-state index is 0.218. The highest BCUT2D eigenvalue weighted by Gasteiger charge is 2.51. The molecule has 0 spiro atoms. The summed E-state index contributed by atoms with van der Waals surface area (Å²) in [4.78, 5) is 27.9. The number of aliphatic hydroxyl groups is 1. The fourth-order valence-corrected chi connectivity index (χ4v) is 4.12. The molecule has 158 valence electrons. The number of nitrogens with zero attached hydrogens (tertiary/aromatic N) is 1. The molecule has 0 radical (unpaired) electrons. The number of amides is 1. The van der Waals surface area contributed by atoms with Crippen LogP contribution in [-0.2, 0) is 16.9 Å². The Labute approximate surface area is 189 Å². The zero-order chi connectivity index (χ0) is 22.2. The van der Waals surface area contributed by atoms with Crippen LogP contribution in [-0.4, -0.2) is 23.9 Å². The molecule has 5 nitrogen and oxygen atoms in total. The molecule has 0 saturated heterocycles. The molecule has 1 aliphatic rings. The molecule has 1 N–H and O–H groups in total. The van der Waals surface area contributed by atoms with Gasteiger partial charge in [-0.2, -0.15) is 0 Å². The maximum absolute atomic E-state index is 13.4. The summed E-state index contributed by atoms with van der Waals surface area (Å²) < 4.78 is 5.26. The van der Waals surface area contributed by atoms with E-state index in [9.17, 15) is 14.7 Å². The first-order chi connectivity index (χ1) is 14.8. The van der Waals surface area contributed by atoms with Crippen molar-refractivity contribution in [3.8, 4) is 5.75 Å². The largest absolute Gasteiger partial charge is 0.496 e. The van der Waals surface area contributed by atoms with E-state index in [1.165, 1.54) is 18.1 Å². The zero-order valence-electron chi connectivity index (χ0n) is 16.6. The number of Topliss-reactive ketones (excluding diaryl/α,β-unsaturated/α-hetero) is 1. The van der Waals surface area contributed by atoms with Crippen LogP contribution in [0.4, 0.5) is 5.69 Å². The molecule has 31 heavy (non-hydrogen) atoms. The number of halogens is 2. The van der Waals surface area contributed by atoms with Gasteiger partial charge < -0.3 is 14.7 Å². The summed E-state index contributed by atoms with van der Waals surface area (Å²) in [6.45, 7) is 0.218. The topological polar surface area (TPSA) is 66.8 Å². The Bertz CT molecular complexity index is 1160. The summed E-state index contributed by atoms with van der Waals surface area (Å²) >= 11 is 12.1. The normalized spacial score (nSPS) is 17.5. The number of anilines is 1. The van der Waals surface area contributed by atoms with Gasteiger partial charge in [-0.15, -0.1) is 0 Å². The second kappa shape index (κ2) is 8.35. The highest BCUT2D eigenvalue weighted by Crippen LogP contribution is 2.45. The quantitative estimate of drug-likeness (QED) is 0.530. The molecule has 0 aliphatic carbocycles. The lowest BCUT2D eigenvalue weighted by atomic mass is 9.88. The van der Waals surface area contributed by atoms with E-state index in [0.29, 0.717) is 32.6 Å². The molecule has 1 aliphatic heterocycles. The highest BCUT2D eigenvalue weighted by atomic mass is 35.5. The van der Waals surface area contributed by atoms with Gasteiger partial charge in [-0.3, -0.25) is 9.59 Å². The van der Waals surface area contributed by atoms with Crippen LogP contribution in [0.5, 0.6) is 5.75 Å². The van der Waals surface area contributed by atoms with Gasteiger partial charge in [0.05, 0.1) is 31.3 Å². The van der Waals surface area contributed by atoms with Crippen molar-refractivity contribution < 1.29 is 19.4 Å². The van der Waals surface area contributed by atoms with Crippen molar-refractivity contribution >= 4 is 40.6 Å². The van der Waals surface area contributed by atoms with Gasteiger partial charge in [0.15, 0.2) is 11.4 Å². The van der Waals surface area contributed by atoms with Crippen LogP contribution in [0.1, 0.15) is 27.9 Å². The summed E-state index contributed by atoms with van der Waals surface area (Å²) in [5.74, 6) is -0.610. The maximum Gasteiger partial charge on any atom is 0.264 e. The van der Waals surface area contributed by atoms with Crippen molar-refractivity contribution in [2.75, 3.05) is 12.0 Å². The monoisotopic (exact) mass is 455 g/mol. The number of ether oxygens (including phenoxy) is 1. The van der Waals surface area contributed by atoms with Gasteiger partial charge in [-0.25, -0.2) is 0 Å². The Kier molecular flexibility index (Phi) is 5.75. The minimum Gasteiger partial charge on any atom is -0.496 e. The molecule has 0 aromatic heterocycles. The van der Waals surface area contributed by atoms with Gasteiger partial charge in [-0.1, -0.05) is 47.5 Å². The van der Waals surface area contributed by atoms with E-state index in [0.717, 1.165) is 5.56 Å². The van der Waals surface area contributed by atoms with Crippen LogP contribution in [0.3, 0.4) is 0 Å². The van der Waals surface area contributed by atoms with Crippen molar-refractivity contribution in [1.82, 2.24) is 0 Å². The first kappa shape index (κ1) is 21.4. The third-order valence-electron chi connectivity index (χ3n) is 5.37. The van der Waals surface area contributed by atoms with E-state index < -0.39 is 23.7 Å². The lowest BCUT2D eigenvalue weighted by Crippen LogP contribution is -2.41. The summed E-state index contributed by atoms with van der Waals surface area (Å²) in [5, 5.41) is 12.4. The Morgan fingerprint density at radius 2 is 1.71 bits per heavy atom. The van der Waals surface area contributed by atoms with Crippen molar-refractivity contribution in [3.63, 3.8) is 0 Å². The lowest BCUT2D eigenvalue weighted by molar-refractivity contribution is -0.136. The summed E-state index contributed by atoms with van der Waals surface area (Å²) in [5.41, 5.74) is -0.0864. The Morgan fingerprint density at radius 3 is 2.42 bits per heavy atom. The SMILES string of the molecule is COc1ccccc1C(=O)CC1(O)C(=O)N(Cc2ccc(Cl)cc2)c2ccc(Cl)cc21. The van der Waals surface area contributed by atoms with Gasteiger partial charge >= 0.3 is 0 Å². The second-order valence-electron chi connectivity index (χ2n) is 7.34. The van der Waals surface area contributed by atoms with Crippen LogP contribution >= 0.6 is 23.2 Å². The fraction of sp³-hybridized carbons (Fsp3) is 0.167. The first-order valence-electron chi connectivity index (χ1n) is 9.58. The number of benzene rings is 3. The van der Waals surface area contributed by atoms with Crippen LogP contribution < -0.4 is 9.64 Å². The number of para-hydroxylation sites is 1. The molecule has 1 heterocycles. The molecule has 1 unspecified atom stereocenters. The molecular weight excluding hydrogens is 437 g/mol. The van der Waals surface area contributed by atoms with Crippen molar-refractivity contribution in [1.29, 1.82) is 0 Å². The van der Waals surface area contributed by atoms with Crippen molar-refractivity contribution in [3.05, 3.63) is 93.5 Å². The molecule has 3 aromatic rings. The molecule has 0 saturated carbocycles. The van der Waals surface area contributed by atoms with Gasteiger partial charge in [-0.05, 0) is 48.0 Å². The molecule has 0 fully saturated rings. The average molecular weight is 456 g/mol. The maximum atomic E-state index is 13.4. The molecule has 1 atom stereocenters. The second-order valence-corrected chi connectivity index (χ2v) is 8.21. The third-order valence-corrected chi connectivity index (χ3v) is 5.86. The Hall–Kier alpha value is -2.86. The van der Waals surface area contributed by atoms with Crippen LogP contribution in [0.15, 0.2) is 66.7 Å². The predicted molar refractivity (Wildman–Crippen MR) is 120 cm³/mol. The van der Waals surface area contributed by atoms with Crippen molar-refractivity contribution in [2.24, 2.45) is 0 Å². The van der Waals surface area contributed by atoms with E-state index in [1.807, 2.05) is 12.1 Å². The molecule has 0 bridgehead atoms. The molecule has 4 rings (SSSR count). The van der Waals surface area contributed by atoms with Gasteiger partial charge in [0.2, 0.25) is 0 Å². The number of rotatable bonds is 6. The average Bonchev–Trinajstić information content (AvgIpc) is 2.96. The van der Waals surface area contributed by atoms with Crippen LogP contribution in [0, 0.1) is 0 Å². The number of hydrogen-bond donors (Lipinski definition) is 1. The van der Waals surface area contributed by atoms with E-state index in [4.69, 9.17) is 27.9 Å². The third kappa shape index (κ3) is 3.92. The minimum atomic E-state index is -2.04. The van der Waals surface area contributed by atoms with Crippen molar-refractivity contribution in [2.45, 2.75) is 18.6 Å². The standard InChI is InChI=1S/C24H19Cl2NO4/c1-31-22-5-3-2-4-18(22)21(28)13-24(30)19-12-17(26)10-11-20(19)27(23(24)29)14-15-6-8-16(25)9-7-15/h2-12,30H,13-14H2,1H3. The summed E-state index contributed by atoms with van der Waals surface area (Å²) in [7, 11) is 1.46. The Balaban J connectivity index is 1.72. The van der Waals surface area contributed by atoms with E-state index in [2.05, 4.69) is 0 Å². The molecule has 1 amide bonds. The molecule has 7 heteroatoms. The van der Waals surface area contributed by atoms with Gasteiger partial charge in [0.25, 0.3) is 5.91 Å². The highest BCUT2D eigenvalue weighted by molar-refractivity contribution is 6.31. The first-order valence-corrected chi connectivity index (χ1v) is 10.3. The lowest BCUT2D eigenvalue weighted by Gasteiger charge is -2.23. The number of carbonyl (C=O) groups is 2. The zero-order valence-corrected chi connectivity index (χ0v) is 18.2. The smallest absolute Gasteiger partial charge is 0.264 e. The number of methoxy groups -OCH3 is 1. The predicted octanol–water partition coefficient (Wildman–Crippen LogP) is 5.01. The summed E-state index contributed by atoms with van der Waals surface area (Å²) in [6, 6.07) is 18.7.